The topological polar surface area (TPSA) is 67.6 Å². The first-order valence-corrected chi connectivity index (χ1v) is 7.39. The summed E-state index contributed by atoms with van der Waals surface area (Å²) >= 11 is 1.45. The zero-order valence-electron chi connectivity index (χ0n) is 11.3. The predicted octanol–water partition coefficient (Wildman–Crippen LogP) is 1.77. The molecule has 2 aromatic rings. The number of ether oxygens (including phenoxy) is 1. The summed E-state index contributed by atoms with van der Waals surface area (Å²) < 4.78 is 6.34. The first-order chi connectivity index (χ1) is 9.66. The highest BCUT2D eigenvalue weighted by Crippen LogP contribution is 2.35. The van der Waals surface area contributed by atoms with Crippen molar-refractivity contribution in [1.82, 2.24) is 10.4 Å². The van der Waals surface area contributed by atoms with E-state index in [1.807, 2.05) is 30.1 Å². The van der Waals surface area contributed by atoms with E-state index in [1.165, 1.54) is 11.3 Å². The number of benzene rings is 1. The van der Waals surface area contributed by atoms with E-state index in [0.29, 0.717) is 36.9 Å². The van der Waals surface area contributed by atoms with Crippen LogP contribution in [0.5, 0.6) is 0 Å². The normalized spacial score (nSPS) is 16.4. The van der Waals surface area contributed by atoms with Crippen LogP contribution in [-0.2, 0) is 4.74 Å². The van der Waals surface area contributed by atoms with E-state index in [9.17, 15) is 4.79 Å². The Balaban J connectivity index is 1.87. The number of nitrogens with two attached hydrogens (primary N) is 1. The summed E-state index contributed by atoms with van der Waals surface area (Å²) in [7, 11) is 0. The summed E-state index contributed by atoms with van der Waals surface area (Å²) in [5, 5.41) is 2.84. The van der Waals surface area contributed by atoms with Gasteiger partial charge in [0, 0.05) is 23.2 Å². The summed E-state index contributed by atoms with van der Waals surface area (Å²) in [6.45, 7) is 4.72. The minimum Gasteiger partial charge on any atom is -0.397 e. The number of rotatable bonds is 2. The Kier molecular flexibility index (Phi) is 3.60. The van der Waals surface area contributed by atoms with Crippen LogP contribution in [0.3, 0.4) is 0 Å². The van der Waals surface area contributed by atoms with Gasteiger partial charge < -0.3 is 10.5 Å². The molecule has 0 spiro atoms. The molecule has 2 heterocycles. The molecule has 3 N–H and O–H groups in total. The summed E-state index contributed by atoms with van der Waals surface area (Å²) in [6.07, 6.45) is 0. The minimum absolute atomic E-state index is 0.134. The van der Waals surface area contributed by atoms with Crippen molar-refractivity contribution in [3.05, 3.63) is 28.6 Å². The van der Waals surface area contributed by atoms with Gasteiger partial charge in [-0.25, -0.2) is 5.01 Å². The third-order valence-electron chi connectivity index (χ3n) is 3.43. The lowest BCUT2D eigenvalue weighted by molar-refractivity contribution is 0.0128. The van der Waals surface area contributed by atoms with Gasteiger partial charge in [0.15, 0.2) is 0 Å². The van der Waals surface area contributed by atoms with Crippen molar-refractivity contribution < 1.29 is 9.53 Å². The number of carbonyl (C=O) groups is 1. The van der Waals surface area contributed by atoms with Crippen LogP contribution in [0.15, 0.2) is 18.2 Å². The highest BCUT2D eigenvalue weighted by atomic mass is 32.1. The first-order valence-electron chi connectivity index (χ1n) is 6.58. The SMILES string of the molecule is Cc1cccc2c(N)c(C(=O)NN3CCOCC3)sc12. The van der Waals surface area contributed by atoms with Gasteiger partial charge in [-0.1, -0.05) is 18.2 Å². The fourth-order valence-electron chi connectivity index (χ4n) is 2.32. The molecule has 6 heteroatoms. The van der Waals surface area contributed by atoms with Gasteiger partial charge >= 0.3 is 0 Å². The number of anilines is 1. The minimum atomic E-state index is -0.134. The summed E-state index contributed by atoms with van der Waals surface area (Å²) in [6, 6.07) is 5.95. The number of hydrogen-bond donors (Lipinski definition) is 2. The van der Waals surface area contributed by atoms with Crippen LogP contribution in [0, 0.1) is 6.92 Å². The van der Waals surface area contributed by atoms with E-state index in [1.54, 1.807) is 0 Å². The van der Waals surface area contributed by atoms with Crippen LogP contribution in [0.1, 0.15) is 15.2 Å². The number of nitrogens with one attached hydrogen (secondary N) is 1. The maximum Gasteiger partial charge on any atom is 0.277 e. The van der Waals surface area contributed by atoms with E-state index in [-0.39, 0.29) is 5.91 Å². The maximum atomic E-state index is 12.4. The fourth-order valence-corrected chi connectivity index (χ4v) is 3.40. The van der Waals surface area contributed by atoms with E-state index in [0.717, 1.165) is 15.6 Å². The molecular weight excluding hydrogens is 274 g/mol. The zero-order valence-corrected chi connectivity index (χ0v) is 12.1. The van der Waals surface area contributed by atoms with Gasteiger partial charge in [0.2, 0.25) is 0 Å². The van der Waals surface area contributed by atoms with Gasteiger partial charge in [0.25, 0.3) is 5.91 Å². The second kappa shape index (κ2) is 5.40. The van der Waals surface area contributed by atoms with Crippen LogP contribution >= 0.6 is 11.3 Å². The Hall–Kier alpha value is -1.63. The standard InChI is InChI=1S/C14H17N3O2S/c1-9-3-2-4-10-11(15)13(20-12(9)10)14(18)16-17-5-7-19-8-6-17/h2-4H,5-8,15H2,1H3,(H,16,18). The monoisotopic (exact) mass is 291 g/mol. The van der Waals surface area contributed by atoms with Gasteiger partial charge in [0.1, 0.15) is 4.88 Å². The molecule has 0 bridgehead atoms. The second-order valence-corrected chi connectivity index (χ2v) is 5.86. The molecule has 1 fully saturated rings. The van der Waals surface area contributed by atoms with Gasteiger partial charge in [-0.15, -0.1) is 11.3 Å². The van der Waals surface area contributed by atoms with E-state index in [4.69, 9.17) is 10.5 Å². The molecule has 1 aliphatic heterocycles. The molecular formula is C14H17N3O2S. The molecule has 1 aromatic heterocycles. The fraction of sp³-hybridized carbons (Fsp3) is 0.357. The lowest BCUT2D eigenvalue weighted by atomic mass is 10.1. The molecule has 0 radical (unpaired) electrons. The summed E-state index contributed by atoms with van der Waals surface area (Å²) in [5.41, 5.74) is 10.7. The average molecular weight is 291 g/mol. The number of thiophene rings is 1. The molecule has 5 nitrogen and oxygen atoms in total. The van der Waals surface area contributed by atoms with Crippen LogP contribution in [-0.4, -0.2) is 37.2 Å². The lowest BCUT2D eigenvalue weighted by Gasteiger charge is -2.26. The van der Waals surface area contributed by atoms with Crippen molar-refractivity contribution in [3.63, 3.8) is 0 Å². The molecule has 0 unspecified atom stereocenters. The summed E-state index contributed by atoms with van der Waals surface area (Å²) in [4.78, 5) is 12.9. The number of morpholine rings is 1. The van der Waals surface area contributed by atoms with Crippen molar-refractivity contribution in [2.45, 2.75) is 6.92 Å². The maximum absolute atomic E-state index is 12.4. The largest absolute Gasteiger partial charge is 0.397 e. The van der Waals surface area contributed by atoms with Crippen LogP contribution in [0.4, 0.5) is 5.69 Å². The van der Waals surface area contributed by atoms with E-state index < -0.39 is 0 Å². The lowest BCUT2D eigenvalue weighted by Crippen LogP contribution is -2.48. The Labute approximate surface area is 121 Å². The van der Waals surface area contributed by atoms with Gasteiger partial charge in [-0.2, -0.15) is 0 Å². The third-order valence-corrected chi connectivity index (χ3v) is 4.78. The average Bonchev–Trinajstić information content (AvgIpc) is 2.79. The Bertz CT molecular complexity index is 647. The third kappa shape index (κ3) is 2.37. The second-order valence-electron chi connectivity index (χ2n) is 4.84. The van der Waals surface area contributed by atoms with Crippen molar-refractivity contribution in [2.75, 3.05) is 32.0 Å². The van der Waals surface area contributed by atoms with Crippen molar-refractivity contribution in [3.8, 4) is 0 Å². The quantitative estimate of drug-likeness (QED) is 0.885. The molecule has 0 aliphatic carbocycles. The van der Waals surface area contributed by atoms with Crippen LogP contribution < -0.4 is 11.2 Å². The molecule has 1 saturated heterocycles. The molecule has 20 heavy (non-hydrogen) atoms. The number of amides is 1. The molecule has 0 saturated carbocycles. The number of nitrogen functional groups attached to an aromatic ring is 1. The van der Waals surface area contributed by atoms with E-state index in [2.05, 4.69) is 5.43 Å². The van der Waals surface area contributed by atoms with Crippen molar-refractivity contribution in [2.24, 2.45) is 0 Å². The molecule has 106 valence electrons. The molecule has 1 aliphatic rings. The number of aryl methyl sites for hydroxylation is 1. The Morgan fingerprint density at radius 2 is 2.15 bits per heavy atom. The number of hydrogen-bond acceptors (Lipinski definition) is 5. The number of nitrogens with zero attached hydrogens (tertiary/aromatic N) is 1. The molecule has 1 amide bonds. The predicted molar refractivity (Wildman–Crippen MR) is 80.8 cm³/mol. The highest BCUT2D eigenvalue weighted by molar-refractivity contribution is 7.21. The number of hydrazine groups is 1. The number of fused-ring (bicyclic) bond motifs is 1. The van der Waals surface area contributed by atoms with Crippen LogP contribution in [0.25, 0.3) is 10.1 Å². The highest BCUT2D eigenvalue weighted by Gasteiger charge is 2.20. The van der Waals surface area contributed by atoms with Gasteiger partial charge in [-0.05, 0) is 12.5 Å². The molecule has 1 aromatic carbocycles. The zero-order chi connectivity index (χ0) is 14.1. The van der Waals surface area contributed by atoms with E-state index >= 15 is 0 Å². The Morgan fingerprint density at radius 1 is 1.40 bits per heavy atom. The smallest absolute Gasteiger partial charge is 0.277 e. The van der Waals surface area contributed by atoms with Gasteiger partial charge in [0.05, 0.1) is 18.9 Å². The molecule has 0 atom stereocenters. The number of carbonyl (C=O) groups excluding carboxylic acids is 1. The molecule has 3 rings (SSSR count). The Morgan fingerprint density at radius 3 is 2.85 bits per heavy atom. The van der Waals surface area contributed by atoms with Gasteiger partial charge in [-0.3, -0.25) is 10.2 Å². The first kappa shape index (κ1) is 13.4. The van der Waals surface area contributed by atoms with Crippen molar-refractivity contribution in [1.29, 1.82) is 0 Å². The van der Waals surface area contributed by atoms with Crippen molar-refractivity contribution >= 4 is 33.0 Å². The summed E-state index contributed by atoms with van der Waals surface area (Å²) in [5.74, 6) is -0.134. The van der Waals surface area contributed by atoms with Crippen LogP contribution in [0.2, 0.25) is 0 Å².